The number of hydrogen-bond donors (Lipinski definition) is 0. The van der Waals surface area contributed by atoms with E-state index in [1.807, 2.05) is 40.8 Å². The average molecular weight is 330 g/mol. The quantitative estimate of drug-likeness (QED) is 0.837. The molecule has 0 spiro atoms. The molecule has 7 heteroatoms. The Hall–Kier alpha value is -1.99. The van der Waals surface area contributed by atoms with Gasteiger partial charge in [-0.15, -0.1) is 5.10 Å². The molecular formula is C16H18N4O2S. The van der Waals surface area contributed by atoms with Gasteiger partial charge in [-0.25, -0.2) is 0 Å². The lowest BCUT2D eigenvalue weighted by Crippen LogP contribution is -2.51. The van der Waals surface area contributed by atoms with Gasteiger partial charge in [-0.05, 0) is 30.5 Å². The molecule has 4 heterocycles. The molecular weight excluding hydrogens is 312 g/mol. The third-order valence-corrected chi connectivity index (χ3v) is 5.12. The molecule has 2 aliphatic heterocycles. The highest BCUT2D eigenvalue weighted by Gasteiger charge is 2.42. The van der Waals surface area contributed by atoms with Crippen LogP contribution in [0, 0.1) is 6.92 Å². The zero-order valence-electron chi connectivity index (χ0n) is 12.9. The van der Waals surface area contributed by atoms with Gasteiger partial charge in [0.25, 0.3) is 5.91 Å². The van der Waals surface area contributed by atoms with Crippen LogP contribution in [0.4, 0.5) is 5.82 Å². The highest BCUT2D eigenvalue weighted by atomic mass is 32.1. The molecule has 6 nitrogen and oxygen atoms in total. The molecule has 4 rings (SSSR count). The molecule has 0 radical (unpaired) electrons. The summed E-state index contributed by atoms with van der Waals surface area (Å²) in [6.45, 7) is 4.65. The standard InChI is InChI=1S/C16H18N4O2S/c1-11-2-3-15(18-17-11)20-5-6-22-14-9-19(8-13(14)20)16(21)12-4-7-23-10-12/h2-4,7,10,13-14H,5-6,8-9H2,1H3/t13-,14+/m1/s1. The van der Waals surface area contributed by atoms with Gasteiger partial charge in [0.2, 0.25) is 0 Å². The fourth-order valence-electron chi connectivity index (χ4n) is 3.25. The number of carbonyl (C=O) groups excluding carboxylic acids is 1. The van der Waals surface area contributed by atoms with Crippen LogP contribution in [0.25, 0.3) is 0 Å². The van der Waals surface area contributed by atoms with Crippen molar-refractivity contribution in [1.82, 2.24) is 15.1 Å². The van der Waals surface area contributed by atoms with Crippen molar-refractivity contribution in [3.8, 4) is 0 Å². The number of thiophene rings is 1. The van der Waals surface area contributed by atoms with Crippen LogP contribution in [0.3, 0.4) is 0 Å². The molecule has 2 aromatic heterocycles. The lowest BCUT2D eigenvalue weighted by atomic mass is 10.1. The zero-order valence-corrected chi connectivity index (χ0v) is 13.7. The van der Waals surface area contributed by atoms with Crippen LogP contribution in [-0.4, -0.2) is 59.4 Å². The minimum Gasteiger partial charge on any atom is -0.372 e. The Morgan fingerprint density at radius 3 is 2.96 bits per heavy atom. The van der Waals surface area contributed by atoms with E-state index in [9.17, 15) is 4.79 Å². The van der Waals surface area contributed by atoms with Gasteiger partial charge in [-0.3, -0.25) is 4.79 Å². The summed E-state index contributed by atoms with van der Waals surface area (Å²) in [6, 6.07) is 5.98. The summed E-state index contributed by atoms with van der Waals surface area (Å²) in [6.07, 6.45) is 0.0365. The lowest BCUT2D eigenvalue weighted by molar-refractivity contribution is 0.0299. The second-order valence-corrected chi connectivity index (χ2v) is 6.71. The maximum Gasteiger partial charge on any atom is 0.254 e. The van der Waals surface area contributed by atoms with Gasteiger partial charge in [0.15, 0.2) is 5.82 Å². The number of nitrogens with zero attached hydrogens (tertiary/aromatic N) is 4. The fourth-order valence-corrected chi connectivity index (χ4v) is 3.88. The topological polar surface area (TPSA) is 58.6 Å². The first-order valence-electron chi connectivity index (χ1n) is 7.72. The summed E-state index contributed by atoms with van der Waals surface area (Å²) in [4.78, 5) is 16.7. The SMILES string of the molecule is Cc1ccc(N2CCO[C@H]3CN(C(=O)c4ccsc4)C[C@H]32)nn1. The van der Waals surface area contributed by atoms with Crippen molar-refractivity contribution in [1.29, 1.82) is 0 Å². The van der Waals surface area contributed by atoms with Gasteiger partial charge in [0.05, 0.1) is 30.0 Å². The van der Waals surface area contributed by atoms with E-state index in [1.54, 1.807) is 11.3 Å². The van der Waals surface area contributed by atoms with Crippen molar-refractivity contribution in [3.05, 3.63) is 40.2 Å². The molecule has 2 atom stereocenters. The molecule has 0 unspecified atom stereocenters. The molecule has 2 aromatic rings. The minimum absolute atomic E-state index is 0.0365. The van der Waals surface area contributed by atoms with E-state index < -0.39 is 0 Å². The second kappa shape index (κ2) is 5.90. The summed E-state index contributed by atoms with van der Waals surface area (Å²) in [5.41, 5.74) is 1.66. The molecule has 0 saturated carbocycles. The Kier molecular flexibility index (Phi) is 3.74. The van der Waals surface area contributed by atoms with Crippen LogP contribution in [-0.2, 0) is 4.74 Å². The van der Waals surface area contributed by atoms with E-state index in [1.165, 1.54) is 0 Å². The monoisotopic (exact) mass is 330 g/mol. The van der Waals surface area contributed by atoms with Crippen LogP contribution in [0.1, 0.15) is 16.1 Å². The molecule has 0 aromatic carbocycles. The summed E-state index contributed by atoms with van der Waals surface area (Å²) in [5, 5.41) is 12.3. The highest BCUT2D eigenvalue weighted by Crippen LogP contribution is 2.27. The number of anilines is 1. The van der Waals surface area contributed by atoms with E-state index in [2.05, 4.69) is 15.1 Å². The summed E-state index contributed by atoms with van der Waals surface area (Å²) in [7, 11) is 0. The first-order chi connectivity index (χ1) is 11.2. The minimum atomic E-state index is 0.0365. The molecule has 120 valence electrons. The average Bonchev–Trinajstić information content (AvgIpc) is 3.24. The van der Waals surface area contributed by atoms with Crippen LogP contribution in [0.5, 0.6) is 0 Å². The Balaban J connectivity index is 1.54. The number of hydrogen-bond acceptors (Lipinski definition) is 6. The van der Waals surface area contributed by atoms with Gasteiger partial charge < -0.3 is 14.5 Å². The first kappa shape index (κ1) is 14.6. The maximum atomic E-state index is 12.6. The Bertz CT molecular complexity index is 689. The molecule has 2 saturated heterocycles. The van der Waals surface area contributed by atoms with E-state index in [0.29, 0.717) is 19.7 Å². The van der Waals surface area contributed by atoms with Crippen LogP contribution < -0.4 is 4.90 Å². The third kappa shape index (κ3) is 2.70. The number of fused-ring (bicyclic) bond motifs is 1. The number of likely N-dealkylation sites (tertiary alicyclic amines) is 1. The molecule has 0 N–H and O–H groups in total. The molecule has 0 bridgehead atoms. The van der Waals surface area contributed by atoms with Gasteiger partial charge in [-0.1, -0.05) is 0 Å². The summed E-state index contributed by atoms with van der Waals surface area (Å²) < 4.78 is 5.89. The van der Waals surface area contributed by atoms with Crippen LogP contribution in [0.15, 0.2) is 29.0 Å². The van der Waals surface area contributed by atoms with Gasteiger partial charge in [0.1, 0.15) is 0 Å². The largest absolute Gasteiger partial charge is 0.372 e. The number of rotatable bonds is 2. The normalized spacial score (nSPS) is 23.9. The van der Waals surface area contributed by atoms with Crippen LogP contribution in [0.2, 0.25) is 0 Å². The number of aromatic nitrogens is 2. The van der Waals surface area contributed by atoms with E-state index in [4.69, 9.17) is 4.74 Å². The summed E-state index contributed by atoms with van der Waals surface area (Å²) in [5.74, 6) is 0.943. The predicted molar refractivity (Wildman–Crippen MR) is 87.9 cm³/mol. The predicted octanol–water partition coefficient (Wildman–Crippen LogP) is 1.58. The van der Waals surface area contributed by atoms with E-state index in [-0.39, 0.29) is 18.1 Å². The number of morpholine rings is 1. The zero-order chi connectivity index (χ0) is 15.8. The maximum absolute atomic E-state index is 12.6. The molecule has 2 aliphatic rings. The first-order valence-corrected chi connectivity index (χ1v) is 8.67. The van der Waals surface area contributed by atoms with Gasteiger partial charge in [-0.2, -0.15) is 16.4 Å². The second-order valence-electron chi connectivity index (χ2n) is 5.93. The number of carbonyl (C=O) groups is 1. The highest BCUT2D eigenvalue weighted by molar-refractivity contribution is 7.08. The van der Waals surface area contributed by atoms with Crippen molar-refractivity contribution >= 4 is 23.1 Å². The Labute approximate surface area is 138 Å². The molecule has 1 amide bonds. The van der Waals surface area contributed by atoms with E-state index >= 15 is 0 Å². The number of ether oxygens (including phenoxy) is 1. The molecule has 0 aliphatic carbocycles. The van der Waals surface area contributed by atoms with Crippen molar-refractivity contribution in [3.63, 3.8) is 0 Å². The van der Waals surface area contributed by atoms with Crippen molar-refractivity contribution in [2.45, 2.75) is 19.1 Å². The third-order valence-electron chi connectivity index (χ3n) is 4.43. The van der Waals surface area contributed by atoms with Gasteiger partial charge in [0, 0.05) is 25.0 Å². The smallest absolute Gasteiger partial charge is 0.254 e. The van der Waals surface area contributed by atoms with Gasteiger partial charge >= 0.3 is 0 Å². The van der Waals surface area contributed by atoms with Crippen molar-refractivity contribution < 1.29 is 9.53 Å². The lowest BCUT2D eigenvalue weighted by Gasteiger charge is -2.37. The van der Waals surface area contributed by atoms with Crippen LogP contribution >= 0.6 is 11.3 Å². The fraction of sp³-hybridized carbons (Fsp3) is 0.438. The molecule has 2 fully saturated rings. The van der Waals surface area contributed by atoms with Crippen molar-refractivity contribution in [2.75, 3.05) is 31.1 Å². The Morgan fingerprint density at radius 1 is 1.30 bits per heavy atom. The summed E-state index contributed by atoms with van der Waals surface area (Å²) >= 11 is 1.54. The number of aryl methyl sites for hydroxylation is 1. The Morgan fingerprint density at radius 2 is 2.22 bits per heavy atom. The molecule has 23 heavy (non-hydrogen) atoms. The van der Waals surface area contributed by atoms with E-state index in [0.717, 1.165) is 23.6 Å². The number of amides is 1. The van der Waals surface area contributed by atoms with Crippen molar-refractivity contribution in [2.24, 2.45) is 0 Å².